The normalized spacial score (nSPS) is 10.8. The number of anilines is 1. The first-order valence-electron chi connectivity index (χ1n) is 6.97. The molecular weight excluding hydrogens is 385 g/mol. The van der Waals surface area contributed by atoms with E-state index in [1.165, 1.54) is 6.92 Å². The van der Waals surface area contributed by atoms with Crippen LogP contribution in [0.4, 0.5) is 27.9 Å². The molecule has 1 amide bonds. The number of aryl methyl sites for hydroxylation is 1. The molecule has 0 atom stereocenters. The highest BCUT2D eigenvalue weighted by molar-refractivity contribution is 6.29. The van der Waals surface area contributed by atoms with Gasteiger partial charge in [-0.2, -0.15) is 9.37 Å². The highest BCUT2D eigenvalue weighted by Gasteiger charge is 2.27. The van der Waals surface area contributed by atoms with Crippen LogP contribution in [0.5, 0.6) is 5.88 Å². The zero-order valence-electron chi connectivity index (χ0n) is 13.4. The smallest absolute Gasteiger partial charge is 0.255 e. The van der Waals surface area contributed by atoms with Gasteiger partial charge in [0.2, 0.25) is 17.7 Å². The van der Waals surface area contributed by atoms with Gasteiger partial charge in [-0.1, -0.05) is 0 Å². The summed E-state index contributed by atoms with van der Waals surface area (Å²) in [4.78, 5) is 20.0. The van der Waals surface area contributed by atoms with Crippen LogP contribution in [0, 0.1) is 36.0 Å². The third kappa shape index (κ3) is 3.69. The van der Waals surface area contributed by atoms with E-state index in [0.29, 0.717) is 4.90 Å². The minimum Gasteiger partial charge on any atom is -0.479 e. The zero-order chi connectivity index (χ0) is 19.6. The quantitative estimate of drug-likeness (QED) is 0.337. The number of rotatable bonds is 5. The average Bonchev–Trinajstić information content (AvgIpc) is 2.61. The molecular formula is C15H11ClF5N3O2. The predicted octanol–water partition coefficient (Wildman–Crippen LogP) is 3.26. The number of carbonyl (C=O) groups excluding carboxylic acids is 1. The van der Waals surface area contributed by atoms with Crippen molar-refractivity contribution in [3.8, 4) is 5.88 Å². The Hall–Kier alpha value is -2.49. The van der Waals surface area contributed by atoms with Crippen LogP contribution in [0.1, 0.15) is 11.3 Å². The topological polar surface area (TPSA) is 55.3 Å². The minimum atomic E-state index is -1.91. The van der Waals surface area contributed by atoms with Crippen molar-refractivity contribution in [2.24, 2.45) is 0 Å². The summed E-state index contributed by atoms with van der Waals surface area (Å²) in [6.45, 7) is 0.333. The number of benzene rings is 1. The van der Waals surface area contributed by atoms with Crippen molar-refractivity contribution in [2.45, 2.75) is 13.5 Å². The Morgan fingerprint density at radius 2 is 1.77 bits per heavy atom. The Morgan fingerprint density at radius 1 is 1.12 bits per heavy atom. The van der Waals surface area contributed by atoms with Gasteiger partial charge in [-0.05, 0) is 6.92 Å². The van der Waals surface area contributed by atoms with E-state index in [2.05, 4.69) is 9.97 Å². The van der Waals surface area contributed by atoms with E-state index in [4.69, 9.17) is 16.3 Å². The second-order valence-corrected chi connectivity index (χ2v) is 5.26. The van der Waals surface area contributed by atoms with Gasteiger partial charge in [-0.3, -0.25) is 9.69 Å². The van der Waals surface area contributed by atoms with Crippen molar-refractivity contribution in [3.63, 3.8) is 0 Å². The molecule has 11 heteroatoms. The van der Waals surface area contributed by atoms with E-state index in [1.54, 1.807) is 0 Å². The fourth-order valence-corrected chi connectivity index (χ4v) is 2.17. The Bertz CT molecular complexity index is 866. The largest absolute Gasteiger partial charge is 0.479 e. The summed E-state index contributed by atoms with van der Waals surface area (Å²) in [6.07, 6.45) is 0. The van der Waals surface area contributed by atoms with Crippen LogP contribution in [0.15, 0.2) is 6.07 Å². The average molecular weight is 396 g/mol. The maximum absolute atomic E-state index is 13.9. The highest BCUT2D eigenvalue weighted by atomic mass is 35.5. The van der Waals surface area contributed by atoms with Crippen LogP contribution in [0.25, 0.3) is 0 Å². The fourth-order valence-electron chi connectivity index (χ4n) is 2.02. The molecule has 0 aliphatic carbocycles. The molecule has 0 saturated carbocycles. The van der Waals surface area contributed by atoms with Gasteiger partial charge in [0.15, 0.2) is 17.5 Å². The number of carbonyl (C=O) groups is 1. The molecule has 0 saturated heterocycles. The van der Waals surface area contributed by atoms with E-state index >= 15 is 0 Å². The van der Waals surface area contributed by atoms with Crippen molar-refractivity contribution >= 4 is 23.5 Å². The van der Waals surface area contributed by atoms with Crippen LogP contribution in [-0.4, -0.2) is 28.9 Å². The first kappa shape index (κ1) is 19.8. The zero-order valence-corrected chi connectivity index (χ0v) is 14.2. The van der Waals surface area contributed by atoms with Gasteiger partial charge in [0.25, 0.3) is 5.88 Å². The number of ether oxygens (including phenoxy) is 1. The summed E-state index contributed by atoms with van der Waals surface area (Å²) in [6, 6.07) is 0.133. The molecule has 140 valence electrons. The van der Waals surface area contributed by atoms with Crippen LogP contribution >= 0.6 is 11.6 Å². The number of alkyl halides is 1. The highest BCUT2D eigenvalue weighted by Crippen LogP contribution is 2.25. The SMILES string of the molecule is COc1nc(N(Cc2c(F)cc(F)c(F)c2F)C(=O)CCl)nc(C)c1F. The number of nitrogens with zero attached hydrogens (tertiary/aromatic N) is 3. The molecule has 2 rings (SSSR count). The predicted molar refractivity (Wildman–Crippen MR) is 81.5 cm³/mol. The number of aromatic nitrogens is 2. The maximum Gasteiger partial charge on any atom is 0.255 e. The molecule has 0 radical (unpaired) electrons. The Morgan fingerprint density at radius 3 is 2.35 bits per heavy atom. The fraction of sp³-hybridized carbons (Fsp3) is 0.267. The van der Waals surface area contributed by atoms with E-state index in [0.717, 1.165) is 7.11 Å². The molecule has 2 aromatic rings. The molecule has 1 aromatic heterocycles. The first-order valence-corrected chi connectivity index (χ1v) is 7.51. The molecule has 26 heavy (non-hydrogen) atoms. The number of amides is 1. The van der Waals surface area contributed by atoms with Crippen LogP contribution < -0.4 is 9.64 Å². The minimum absolute atomic E-state index is 0.133. The lowest BCUT2D eigenvalue weighted by atomic mass is 10.1. The lowest BCUT2D eigenvalue weighted by molar-refractivity contribution is -0.116. The number of hydrogen-bond acceptors (Lipinski definition) is 4. The van der Waals surface area contributed by atoms with Crippen LogP contribution in [0.3, 0.4) is 0 Å². The van der Waals surface area contributed by atoms with Crippen molar-refractivity contribution < 1.29 is 31.5 Å². The molecule has 0 fully saturated rings. The van der Waals surface area contributed by atoms with Gasteiger partial charge in [-0.25, -0.2) is 22.5 Å². The Balaban J connectivity index is 2.57. The van der Waals surface area contributed by atoms with Gasteiger partial charge >= 0.3 is 0 Å². The number of halogens is 6. The van der Waals surface area contributed by atoms with E-state index < -0.39 is 64.8 Å². The lowest BCUT2D eigenvalue weighted by Crippen LogP contribution is -2.34. The third-order valence-electron chi connectivity index (χ3n) is 3.35. The van der Waals surface area contributed by atoms with Gasteiger partial charge in [0, 0.05) is 11.6 Å². The monoisotopic (exact) mass is 395 g/mol. The first-order chi connectivity index (χ1) is 12.2. The Labute approximate surface area is 149 Å². The van der Waals surface area contributed by atoms with Gasteiger partial charge < -0.3 is 4.74 Å². The standard InChI is InChI=1S/C15H11ClF5N3O2/c1-6-11(19)14(26-2)23-15(22-6)24(10(25)4-16)5-7-8(17)3-9(18)13(21)12(7)20/h3H,4-5H2,1-2H3. The molecule has 0 unspecified atom stereocenters. The summed E-state index contributed by atoms with van der Waals surface area (Å²) in [5.41, 5.74) is -1.17. The molecule has 0 bridgehead atoms. The molecule has 0 N–H and O–H groups in total. The summed E-state index contributed by atoms with van der Waals surface area (Å²) in [5.74, 6) is -10.3. The lowest BCUT2D eigenvalue weighted by Gasteiger charge is -2.21. The summed E-state index contributed by atoms with van der Waals surface area (Å²) >= 11 is 5.47. The molecule has 0 spiro atoms. The van der Waals surface area contributed by atoms with Gasteiger partial charge in [-0.15, -0.1) is 11.6 Å². The second kappa shape index (κ2) is 7.81. The van der Waals surface area contributed by atoms with E-state index in [9.17, 15) is 26.7 Å². The van der Waals surface area contributed by atoms with E-state index in [1.807, 2.05) is 0 Å². The summed E-state index contributed by atoms with van der Waals surface area (Å²) in [5, 5.41) is 0. The molecule has 1 heterocycles. The van der Waals surface area contributed by atoms with Crippen LogP contribution in [0.2, 0.25) is 0 Å². The van der Waals surface area contributed by atoms with Gasteiger partial charge in [0.05, 0.1) is 19.3 Å². The summed E-state index contributed by atoms with van der Waals surface area (Å²) < 4.78 is 72.7. The molecule has 5 nitrogen and oxygen atoms in total. The van der Waals surface area contributed by atoms with Gasteiger partial charge in [0.1, 0.15) is 11.7 Å². The van der Waals surface area contributed by atoms with Crippen molar-refractivity contribution in [3.05, 3.63) is 46.4 Å². The number of methoxy groups -OCH3 is 1. The second-order valence-electron chi connectivity index (χ2n) is 4.99. The van der Waals surface area contributed by atoms with Crippen molar-refractivity contribution in [2.75, 3.05) is 17.9 Å². The molecule has 0 aliphatic rings. The van der Waals surface area contributed by atoms with Crippen molar-refractivity contribution in [1.29, 1.82) is 0 Å². The molecule has 1 aromatic carbocycles. The molecule has 0 aliphatic heterocycles. The van der Waals surface area contributed by atoms with Crippen molar-refractivity contribution in [1.82, 2.24) is 9.97 Å². The summed E-state index contributed by atoms with van der Waals surface area (Å²) in [7, 11) is 1.11. The number of hydrogen-bond donors (Lipinski definition) is 0. The maximum atomic E-state index is 13.9. The van der Waals surface area contributed by atoms with Crippen LogP contribution in [-0.2, 0) is 11.3 Å². The Kier molecular flexibility index (Phi) is 5.96. The van der Waals surface area contributed by atoms with E-state index in [-0.39, 0.29) is 11.8 Å². The third-order valence-corrected chi connectivity index (χ3v) is 3.58.